The van der Waals surface area contributed by atoms with Gasteiger partial charge in [0, 0.05) is 30.7 Å². The molecule has 0 N–H and O–H groups in total. The van der Waals surface area contributed by atoms with Gasteiger partial charge in [-0.25, -0.2) is 0 Å². The predicted octanol–water partition coefficient (Wildman–Crippen LogP) is 2.78. The average Bonchev–Trinajstić information content (AvgIpc) is 2.53. The molecule has 0 aromatic carbocycles. The van der Waals surface area contributed by atoms with Gasteiger partial charge in [0.2, 0.25) is 0 Å². The smallest absolute Gasteiger partial charge is 0.329 e. The van der Waals surface area contributed by atoms with Crippen molar-refractivity contribution in [2.75, 3.05) is 7.05 Å². The van der Waals surface area contributed by atoms with Crippen molar-refractivity contribution >= 4 is 18.6 Å². The molecule has 1 fully saturated rings. The SMILES string of the molecule is C/N=C\c1c(C)ncc(C)c1B1CC(C)(C)C(C)(C)O1. The van der Waals surface area contributed by atoms with Gasteiger partial charge in [-0.05, 0) is 50.5 Å². The lowest BCUT2D eigenvalue weighted by molar-refractivity contribution is 0.0375. The third kappa shape index (κ3) is 2.42. The highest BCUT2D eigenvalue weighted by atomic mass is 16.5. The molecule has 108 valence electrons. The molecule has 2 heterocycles. The molecular formula is C16H25BN2O. The van der Waals surface area contributed by atoms with Gasteiger partial charge in [-0.15, -0.1) is 0 Å². The van der Waals surface area contributed by atoms with E-state index in [-0.39, 0.29) is 17.9 Å². The van der Waals surface area contributed by atoms with E-state index in [1.54, 1.807) is 7.05 Å². The van der Waals surface area contributed by atoms with Crippen molar-refractivity contribution in [1.82, 2.24) is 4.98 Å². The Kier molecular flexibility index (Phi) is 3.80. The van der Waals surface area contributed by atoms with Crippen LogP contribution in [0.1, 0.15) is 44.5 Å². The Hall–Kier alpha value is -1.16. The zero-order chi connectivity index (χ0) is 15.1. The topological polar surface area (TPSA) is 34.5 Å². The molecule has 1 aromatic heterocycles. The molecule has 1 saturated heterocycles. The highest BCUT2D eigenvalue weighted by Gasteiger charge is 2.50. The summed E-state index contributed by atoms with van der Waals surface area (Å²) >= 11 is 0. The van der Waals surface area contributed by atoms with E-state index in [9.17, 15) is 0 Å². The van der Waals surface area contributed by atoms with Crippen molar-refractivity contribution in [2.24, 2.45) is 10.4 Å². The van der Waals surface area contributed by atoms with E-state index in [2.05, 4.69) is 44.6 Å². The van der Waals surface area contributed by atoms with Crippen molar-refractivity contribution < 1.29 is 4.65 Å². The molecule has 1 aliphatic heterocycles. The Morgan fingerprint density at radius 3 is 2.45 bits per heavy atom. The van der Waals surface area contributed by atoms with Crippen molar-refractivity contribution in [3.05, 3.63) is 23.0 Å². The van der Waals surface area contributed by atoms with Gasteiger partial charge in [0.15, 0.2) is 0 Å². The summed E-state index contributed by atoms with van der Waals surface area (Å²) in [5, 5.41) is 0. The summed E-state index contributed by atoms with van der Waals surface area (Å²) in [4.78, 5) is 8.65. The zero-order valence-corrected chi connectivity index (χ0v) is 13.7. The fourth-order valence-electron chi connectivity index (χ4n) is 2.89. The van der Waals surface area contributed by atoms with E-state index >= 15 is 0 Å². The highest BCUT2D eigenvalue weighted by molar-refractivity contribution is 6.70. The highest BCUT2D eigenvalue weighted by Crippen LogP contribution is 2.45. The molecule has 3 nitrogen and oxygen atoms in total. The Bertz CT molecular complexity index is 534. The molecule has 1 aromatic rings. The lowest BCUT2D eigenvalue weighted by Crippen LogP contribution is -2.38. The largest absolute Gasteiger partial charge is 0.425 e. The molecule has 0 saturated carbocycles. The second kappa shape index (κ2) is 4.99. The van der Waals surface area contributed by atoms with Gasteiger partial charge in [-0.2, -0.15) is 0 Å². The normalized spacial score (nSPS) is 20.9. The molecule has 0 unspecified atom stereocenters. The van der Waals surface area contributed by atoms with Crippen LogP contribution >= 0.6 is 0 Å². The third-order valence-corrected chi connectivity index (χ3v) is 4.90. The van der Waals surface area contributed by atoms with Crippen molar-refractivity contribution in [3.8, 4) is 0 Å². The minimum Gasteiger partial charge on any atom is -0.425 e. The van der Waals surface area contributed by atoms with Crippen LogP contribution in [0.5, 0.6) is 0 Å². The first-order valence-electron chi connectivity index (χ1n) is 7.25. The van der Waals surface area contributed by atoms with E-state index < -0.39 is 0 Å². The number of hydrogen-bond acceptors (Lipinski definition) is 3. The molecule has 0 atom stereocenters. The summed E-state index contributed by atoms with van der Waals surface area (Å²) in [6.45, 7) is 13.2. The van der Waals surface area contributed by atoms with Crippen molar-refractivity contribution in [1.29, 1.82) is 0 Å². The van der Waals surface area contributed by atoms with E-state index in [4.69, 9.17) is 4.65 Å². The summed E-state index contributed by atoms with van der Waals surface area (Å²) in [5.41, 5.74) is 4.60. The number of rotatable bonds is 2. The fraction of sp³-hybridized carbons (Fsp3) is 0.625. The van der Waals surface area contributed by atoms with Crippen LogP contribution in [0, 0.1) is 19.3 Å². The Labute approximate surface area is 123 Å². The molecule has 4 heteroatoms. The second-order valence-corrected chi connectivity index (χ2v) is 6.95. The first-order valence-corrected chi connectivity index (χ1v) is 7.25. The number of aromatic nitrogens is 1. The third-order valence-electron chi connectivity index (χ3n) is 4.90. The quantitative estimate of drug-likeness (QED) is 0.613. The molecule has 2 rings (SSSR count). The van der Waals surface area contributed by atoms with Gasteiger partial charge in [-0.3, -0.25) is 9.98 Å². The maximum Gasteiger partial charge on any atom is 0.329 e. The first-order chi connectivity index (χ1) is 9.19. The van der Waals surface area contributed by atoms with E-state index in [0.29, 0.717) is 0 Å². The Morgan fingerprint density at radius 1 is 1.30 bits per heavy atom. The molecule has 0 aliphatic carbocycles. The number of pyridine rings is 1. The molecule has 0 amide bonds. The van der Waals surface area contributed by atoms with Crippen LogP contribution in [-0.2, 0) is 4.65 Å². The molecular weight excluding hydrogens is 247 g/mol. The van der Waals surface area contributed by atoms with Crippen molar-refractivity contribution in [2.45, 2.75) is 53.5 Å². The van der Waals surface area contributed by atoms with Crippen LogP contribution in [-0.4, -0.2) is 30.8 Å². The first kappa shape index (κ1) is 15.2. The van der Waals surface area contributed by atoms with Gasteiger partial charge >= 0.3 is 6.92 Å². The average molecular weight is 272 g/mol. The van der Waals surface area contributed by atoms with E-state index in [0.717, 1.165) is 17.6 Å². The molecule has 20 heavy (non-hydrogen) atoms. The second-order valence-electron chi connectivity index (χ2n) is 6.95. The summed E-state index contributed by atoms with van der Waals surface area (Å²) in [6, 6.07) is 0. The van der Waals surface area contributed by atoms with Crippen LogP contribution in [0.3, 0.4) is 0 Å². The maximum absolute atomic E-state index is 6.38. The van der Waals surface area contributed by atoms with Crippen LogP contribution in [0.25, 0.3) is 0 Å². The fourth-order valence-corrected chi connectivity index (χ4v) is 2.89. The van der Waals surface area contributed by atoms with Crippen LogP contribution < -0.4 is 5.46 Å². The molecule has 0 bridgehead atoms. The maximum atomic E-state index is 6.38. The van der Waals surface area contributed by atoms with Gasteiger partial charge in [0.25, 0.3) is 0 Å². The number of aliphatic imine (C=N–C) groups is 1. The molecule has 0 radical (unpaired) electrons. The summed E-state index contributed by atoms with van der Waals surface area (Å²) in [5.74, 6) is 0. The number of nitrogens with zero attached hydrogens (tertiary/aromatic N) is 2. The zero-order valence-electron chi connectivity index (χ0n) is 13.7. The van der Waals surface area contributed by atoms with Crippen LogP contribution in [0.2, 0.25) is 6.32 Å². The van der Waals surface area contributed by atoms with Gasteiger partial charge in [0.05, 0.1) is 5.60 Å². The molecule has 0 spiro atoms. The Morgan fingerprint density at radius 2 is 1.95 bits per heavy atom. The predicted molar refractivity (Wildman–Crippen MR) is 86.4 cm³/mol. The summed E-state index contributed by atoms with van der Waals surface area (Å²) < 4.78 is 6.38. The van der Waals surface area contributed by atoms with E-state index in [1.807, 2.05) is 19.3 Å². The Balaban J connectivity index is 2.52. The standard InChI is InChI=1S/C16H25BN2O/c1-11-8-19-12(2)13(9-18-7)14(11)17-10-15(3,4)16(5,6)20-17/h8-9H,10H2,1-7H3/b18-9-. The van der Waals surface area contributed by atoms with Gasteiger partial charge < -0.3 is 4.65 Å². The summed E-state index contributed by atoms with van der Waals surface area (Å²) in [7, 11) is 1.80. The molecule has 1 aliphatic rings. The van der Waals surface area contributed by atoms with Crippen molar-refractivity contribution in [3.63, 3.8) is 0 Å². The minimum absolute atomic E-state index is 0.120. The van der Waals surface area contributed by atoms with Crippen LogP contribution in [0.4, 0.5) is 0 Å². The van der Waals surface area contributed by atoms with Gasteiger partial charge in [0.1, 0.15) is 0 Å². The number of aryl methyl sites for hydroxylation is 2. The summed E-state index contributed by atoms with van der Waals surface area (Å²) in [6.07, 6.45) is 4.88. The lowest BCUT2D eigenvalue weighted by atomic mass is 9.52. The van der Waals surface area contributed by atoms with Crippen LogP contribution in [0.15, 0.2) is 11.2 Å². The monoisotopic (exact) mass is 272 g/mol. The van der Waals surface area contributed by atoms with Gasteiger partial charge in [-0.1, -0.05) is 13.8 Å². The lowest BCUT2D eigenvalue weighted by Gasteiger charge is -2.34. The van der Waals surface area contributed by atoms with E-state index in [1.165, 1.54) is 11.0 Å². The number of hydrogen-bond donors (Lipinski definition) is 0. The minimum atomic E-state index is -0.123.